The van der Waals surface area contributed by atoms with Crippen LogP contribution >= 0.6 is 34.7 Å². The van der Waals surface area contributed by atoms with Crippen LogP contribution in [0, 0.1) is 6.92 Å². The summed E-state index contributed by atoms with van der Waals surface area (Å²) in [6, 6.07) is 15.1. The van der Waals surface area contributed by atoms with Crippen molar-refractivity contribution in [2.24, 2.45) is 0 Å². The molecule has 3 nitrogen and oxygen atoms in total. The summed E-state index contributed by atoms with van der Waals surface area (Å²) in [5.41, 5.74) is 2.72. The Hall–Kier alpha value is -1.82. The number of amides is 1. The topological polar surface area (TPSA) is 42.0 Å². The summed E-state index contributed by atoms with van der Waals surface area (Å²) in [7, 11) is 0. The smallest absolute Gasteiger partial charge is 0.251 e. The van der Waals surface area contributed by atoms with Gasteiger partial charge in [-0.2, -0.15) is 0 Å². The number of benzene rings is 2. The quantitative estimate of drug-likeness (QED) is 0.523. The number of thioether (sulfide) groups is 1. The largest absolute Gasteiger partial charge is 0.346 e. The van der Waals surface area contributed by atoms with E-state index in [2.05, 4.69) is 15.7 Å². The van der Waals surface area contributed by atoms with Gasteiger partial charge in [0.25, 0.3) is 5.91 Å². The zero-order chi connectivity index (χ0) is 18.5. The van der Waals surface area contributed by atoms with E-state index in [1.807, 2.05) is 62.4 Å². The monoisotopic (exact) mass is 402 g/mol. The summed E-state index contributed by atoms with van der Waals surface area (Å²) in [5, 5.41) is 6.84. The molecule has 2 aromatic carbocycles. The lowest BCUT2D eigenvalue weighted by molar-refractivity contribution is 0.0940. The van der Waals surface area contributed by atoms with Gasteiger partial charge in [0.1, 0.15) is 0 Å². The van der Waals surface area contributed by atoms with Crippen LogP contribution < -0.4 is 5.32 Å². The number of nitrogens with one attached hydrogen (secondary N) is 1. The average molecular weight is 403 g/mol. The van der Waals surface area contributed by atoms with Gasteiger partial charge in [-0.25, -0.2) is 4.98 Å². The van der Waals surface area contributed by atoms with Crippen molar-refractivity contribution in [1.82, 2.24) is 10.3 Å². The molecule has 1 N–H and O–H groups in total. The minimum atomic E-state index is -0.108. The lowest BCUT2D eigenvalue weighted by atomic mass is 10.1. The van der Waals surface area contributed by atoms with Gasteiger partial charge in [-0.15, -0.1) is 23.1 Å². The van der Waals surface area contributed by atoms with Gasteiger partial charge < -0.3 is 5.32 Å². The average Bonchev–Trinajstić information content (AvgIpc) is 3.05. The van der Waals surface area contributed by atoms with Crippen molar-refractivity contribution < 1.29 is 4.79 Å². The minimum Gasteiger partial charge on any atom is -0.346 e. The van der Waals surface area contributed by atoms with Crippen LogP contribution in [0.2, 0.25) is 5.02 Å². The Morgan fingerprint density at radius 1 is 1.27 bits per heavy atom. The van der Waals surface area contributed by atoms with Crippen LogP contribution in [-0.2, 0) is 5.75 Å². The number of hydrogen-bond donors (Lipinski definition) is 1. The zero-order valence-corrected chi connectivity index (χ0v) is 16.9. The first kappa shape index (κ1) is 19.0. The van der Waals surface area contributed by atoms with Gasteiger partial charge in [-0.05, 0) is 55.8 Å². The maximum absolute atomic E-state index is 12.4. The Morgan fingerprint density at radius 2 is 2.04 bits per heavy atom. The second-order valence-electron chi connectivity index (χ2n) is 5.92. The summed E-state index contributed by atoms with van der Waals surface area (Å²) < 4.78 is 0. The molecular formula is C20H19ClN2OS2. The Morgan fingerprint density at radius 3 is 2.69 bits per heavy atom. The molecule has 1 aromatic heterocycles. The Bertz CT molecular complexity index is 893. The third-order valence-corrected chi connectivity index (χ3v) is 5.97. The molecule has 1 unspecified atom stereocenters. The molecule has 0 aliphatic heterocycles. The SMILES string of the molecule is Cc1nc(CSc2ccc(C(=O)NC(C)c3cccc(Cl)c3)cc2)cs1. The van der Waals surface area contributed by atoms with Crippen molar-refractivity contribution in [3.63, 3.8) is 0 Å². The molecule has 134 valence electrons. The molecule has 26 heavy (non-hydrogen) atoms. The van der Waals surface area contributed by atoms with Gasteiger partial charge in [0.15, 0.2) is 0 Å². The minimum absolute atomic E-state index is 0.0934. The van der Waals surface area contributed by atoms with Crippen molar-refractivity contribution in [2.75, 3.05) is 0 Å². The Kier molecular flexibility index (Phi) is 6.35. The number of halogens is 1. The first-order valence-corrected chi connectivity index (χ1v) is 10.5. The molecule has 0 spiro atoms. The van der Waals surface area contributed by atoms with Crippen LogP contribution in [0.5, 0.6) is 0 Å². The van der Waals surface area contributed by atoms with Gasteiger partial charge in [-0.3, -0.25) is 4.79 Å². The number of rotatable bonds is 6. The van der Waals surface area contributed by atoms with E-state index in [4.69, 9.17) is 11.6 Å². The molecule has 1 atom stereocenters. The van der Waals surface area contributed by atoms with Gasteiger partial charge in [0, 0.05) is 26.6 Å². The molecule has 0 fully saturated rings. The van der Waals surface area contributed by atoms with Gasteiger partial charge in [0.2, 0.25) is 0 Å². The highest BCUT2D eigenvalue weighted by atomic mass is 35.5. The second-order valence-corrected chi connectivity index (χ2v) is 8.47. The summed E-state index contributed by atoms with van der Waals surface area (Å²) in [6.07, 6.45) is 0. The number of aromatic nitrogens is 1. The molecule has 1 heterocycles. The molecule has 0 saturated heterocycles. The highest BCUT2D eigenvalue weighted by molar-refractivity contribution is 7.98. The normalized spacial score (nSPS) is 12.0. The fraction of sp³-hybridized carbons (Fsp3) is 0.200. The Balaban J connectivity index is 1.58. The van der Waals surface area contributed by atoms with Crippen molar-refractivity contribution in [3.05, 3.63) is 80.8 Å². The third-order valence-electron chi connectivity index (χ3n) is 3.87. The fourth-order valence-corrected chi connectivity index (χ4v) is 4.18. The predicted molar refractivity (Wildman–Crippen MR) is 110 cm³/mol. The maximum Gasteiger partial charge on any atom is 0.251 e. The number of hydrogen-bond acceptors (Lipinski definition) is 4. The first-order chi connectivity index (χ1) is 12.5. The van der Waals surface area contributed by atoms with Crippen LogP contribution in [0.25, 0.3) is 0 Å². The lowest BCUT2D eigenvalue weighted by Crippen LogP contribution is -2.26. The van der Waals surface area contributed by atoms with Crippen molar-refractivity contribution in [2.45, 2.75) is 30.5 Å². The van der Waals surface area contributed by atoms with Gasteiger partial charge in [-0.1, -0.05) is 23.7 Å². The zero-order valence-electron chi connectivity index (χ0n) is 14.5. The third kappa shape index (κ3) is 5.10. The van der Waals surface area contributed by atoms with Crippen molar-refractivity contribution >= 4 is 40.6 Å². The van der Waals surface area contributed by atoms with Gasteiger partial charge in [0.05, 0.1) is 16.7 Å². The van der Waals surface area contributed by atoms with Crippen LogP contribution in [-0.4, -0.2) is 10.9 Å². The van der Waals surface area contributed by atoms with Crippen LogP contribution in [0.1, 0.15) is 39.6 Å². The van der Waals surface area contributed by atoms with Crippen LogP contribution in [0.4, 0.5) is 0 Å². The van der Waals surface area contributed by atoms with E-state index in [-0.39, 0.29) is 11.9 Å². The fourth-order valence-electron chi connectivity index (χ4n) is 2.47. The summed E-state index contributed by atoms with van der Waals surface area (Å²) >= 11 is 9.40. The summed E-state index contributed by atoms with van der Waals surface area (Å²) in [5.74, 6) is 0.742. The van der Waals surface area contributed by atoms with E-state index in [9.17, 15) is 4.79 Å². The molecule has 0 saturated carbocycles. The summed E-state index contributed by atoms with van der Waals surface area (Å²) in [4.78, 5) is 18.0. The highest BCUT2D eigenvalue weighted by Crippen LogP contribution is 2.24. The molecule has 6 heteroatoms. The van der Waals surface area contributed by atoms with E-state index in [1.54, 1.807) is 23.1 Å². The molecular weight excluding hydrogens is 384 g/mol. The van der Waals surface area contributed by atoms with E-state index in [0.29, 0.717) is 10.6 Å². The molecule has 0 radical (unpaired) electrons. The van der Waals surface area contributed by atoms with E-state index >= 15 is 0 Å². The number of carbonyl (C=O) groups is 1. The number of thiazole rings is 1. The molecule has 0 bridgehead atoms. The standard InChI is InChI=1S/C20H19ClN2OS2/c1-13(16-4-3-5-17(21)10-16)22-20(24)15-6-8-19(9-7-15)26-12-18-11-25-14(2)23-18/h3-11,13H,12H2,1-2H3,(H,22,24). The highest BCUT2D eigenvalue weighted by Gasteiger charge is 2.12. The van der Waals surface area contributed by atoms with E-state index in [0.717, 1.165) is 26.9 Å². The van der Waals surface area contributed by atoms with Crippen LogP contribution in [0.3, 0.4) is 0 Å². The predicted octanol–water partition coefficient (Wildman–Crippen LogP) is 5.89. The number of aryl methyl sites for hydroxylation is 1. The lowest BCUT2D eigenvalue weighted by Gasteiger charge is -2.15. The number of nitrogens with zero attached hydrogens (tertiary/aromatic N) is 1. The van der Waals surface area contributed by atoms with Crippen molar-refractivity contribution in [1.29, 1.82) is 0 Å². The number of carbonyl (C=O) groups excluding carboxylic acids is 1. The van der Waals surface area contributed by atoms with E-state index in [1.165, 1.54) is 0 Å². The van der Waals surface area contributed by atoms with Gasteiger partial charge >= 0.3 is 0 Å². The second kappa shape index (κ2) is 8.71. The maximum atomic E-state index is 12.4. The molecule has 0 aliphatic carbocycles. The molecule has 3 rings (SSSR count). The molecule has 3 aromatic rings. The molecule has 0 aliphatic rings. The molecule has 1 amide bonds. The van der Waals surface area contributed by atoms with Crippen LogP contribution in [0.15, 0.2) is 58.8 Å². The Labute approximate surface area is 166 Å². The van der Waals surface area contributed by atoms with Crippen molar-refractivity contribution in [3.8, 4) is 0 Å². The summed E-state index contributed by atoms with van der Waals surface area (Å²) in [6.45, 7) is 3.96. The van der Waals surface area contributed by atoms with E-state index < -0.39 is 0 Å². The first-order valence-electron chi connectivity index (χ1n) is 8.21.